The van der Waals surface area contributed by atoms with E-state index in [1.165, 1.54) is 0 Å². The van der Waals surface area contributed by atoms with Crippen molar-refractivity contribution in [1.29, 1.82) is 0 Å². The Morgan fingerprint density at radius 1 is 1.33 bits per heavy atom. The van der Waals surface area contributed by atoms with E-state index in [1.807, 2.05) is 30.3 Å². The average Bonchev–Trinajstić information content (AvgIpc) is 3.15. The van der Waals surface area contributed by atoms with E-state index in [2.05, 4.69) is 10.6 Å². The summed E-state index contributed by atoms with van der Waals surface area (Å²) in [6, 6.07) is 9.43. The van der Waals surface area contributed by atoms with Gasteiger partial charge in [-0.05, 0) is 31.4 Å². The Morgan fingerprint density at radius 3 is 2.71 bits per heavy atom. The standard InChI is InChI=1S/C17H18N2O4S/c1-2-23-14(20)12-11-10(24-9-6-4-3-5-7-9)8-17(13(11)12)15(21)18-16(22)19-17/h3-7,10-13H,2,8H2,1H3,(H2,18,19,21,22)/t10-,11+,12+,13+,17?/m1/s1. The number of nitrogens with one attached hydrogen (secondary N) is 2. The van der Waals surface area contributed by atoms with E-state index in [0.717, 1.165) is 4.90 Å². The zero-order valence-electron chi connectivity index (χ0n) is 13.2. The van der Waals surface area contributed by atoms with E-state index < -0.39 is 11.6 Å². The molecule has 3 fully saturated rings. The van der Waals surface area contributed by atoms with Gasteiger partial charge in [-0.3, -0.25) is 14.9 Å². The summed E-state index contributed by atoms with van der Waals surface area (Å²) in [5, 5.41) is 5.22. The summed E-state index contributed by atoms with van der Waals surface area (Å²) in [6.07, 6.45) is 0.537. The van der Waals surface area contributed by atoms with Gasteiger partial charge in [0, 0.05) is 16.1 Å². The summed E-state index contributed by atoms with van der Waals surface area (Å²) < 4.78 is 5.17. The third-order valence-corrected chi connectivity index (χ3v) is 6.48. The van der Waals surface area contributed by atoms with E-state index in [4.69, 9.17) is 4.74 Å². The Bertz CT molecular complexity index is 710. The van der Waals surface area contributed by atoms with Crippen LogP contribution in [0.2, 0.25) is 0 Å². The molecule has 3 aliphatic rings. The molecule has 1 unspecified atom stereocenters. The highest BCUT2D eigenvalue weighted by Gasteiger charge is 2.76. The third kappa shape index (κ3) is 2.22. The van der Waals surface area contributed by atoms with Gasteiger partial charge in [0.2, 0.25) is 0 Å². The molecule has 0 bridgehead atoms. The fourth-order valence-electron chi connectivity index (χ4n) is 4.24. The van der Waals surface area contributed by atoms with Crippen molar-refractivity contribution in [1.82, 2.24) is 10.6 Å². The second-order valence-corrected chi connectivity index (χ2v) is 7.75. The predicted molar refractivity (Wildman–Crippen MR) is 87.2 cm³/mol. The molecule has 6 nitrogen and oxygen atoms in total. The molecule has 2 N–H and O–H groups in total. The Labute approximate surface area is 143 Å². The summed E-state index contributed by atoms with van der Waals surface area (Å²) in [6.45, 7) is 2.09. The van der Waals surface area contributed by atoms with Crippen LogP contribution in [0.5, 0.6) is 0 Å². The first-order valence-corrected chi connectivity index (χ1v) is 8.96. The van der Waals surface area contributed by atoms with Gasteiger partial charge in [-0.1, -0.05) is 18.2 Å². The molecule has 126 valence electrons. The van der Waals surface area contributed by atoms with Gasteiger partial charge in [-0.2, -0.15) is 0 Å². The predicted octanol–water partition coefficient (Wildman–Crippen LogP) is 1.55. The fourth-order valence-corrected chi connectivity index (χ4v) is 5.75. The Morgan fingerprint density at radius 2 is 2.08 bits per heavy atom. The highest BCUT2D eigenvalue weighted by Crippen LogP contribution is 2.66. The first kappa shape index (κ1) is 15.5. The molecule has 0 radical (unpaired) electrons. The Hall–Kier alpha value is -2.02. The maximum atomic E-state index is 12.4. The van der Waals surface area contributed by atoms with Gasteiger partial charge in [0.25, 0.3) is 5.91 Å². The number of benzene rings is 1. The monoisotopic (exact) mass is 346 g/mol. The second-order valence-electron chi connectivity index (χ2n) is 6.43. The van der Waals surface area contributed by atoms with Crippen LogP contribution in [0.25, 0.3) is 0 Å². The van der Waals surface area contributed by atoms with E-state index in [9.17, 15) is 14.4 Å². The minimum atomic E-state index is -0.967. The van der Waals surface area contributed by atoms with Crippen molar-refractivity contribution >= 4 is 29.7 Å². The molecule has 1 aromatic carbocycles. The molecule has 1 saturated heterocycles. The lowest BCUT2D eigenvalue weighted by molar-refractivity contribution is -0.146. The van der Waals surface area contributed by atoms with Crippen LogP contribution >= 0.6 is 11.8 Å². The highest BCUT2D eigenvalue weighted by atomic mass is 32.2. The van der Waals surface area contributed by atoms with Gasteiger partial charge in [-0.15, -0.1) is 11.8 Å². The highest BCUT2D eigenvalue weighted by molar-refractivity contribution is 8.00. The largest absolute Gasteiger partial charge is 0.466 e. The number of fused-ring (bicyclic) bond motifs is 2. The molecular formula is C17H18N2O4S. The molecule has 24 heavy (non-hydrogen) atoms. The first-order chi connectivity index (χ1) is 11.6. The van der Waals surface area contributed by atoms with E-state index in [0.29, 0.717) is 13.0 Å². The van der Waals surface area contributed by atoms with Gasteiger partial charge in [0.05, 0.1) is 12.5 Å². The number of hydrogen-bond donors (Lipinski definition) is 2. The maximum Gasteiger partial charge on any atom is 0.322 e. The summed E-state index contributed by atoms with van der Waals surface area (Å²) in [4.78, 5) is 37.5. The Balaban J connectivity index is 1.61. The molecule has 0 aromatic heterocycles. The summed E-state index contributed by atoms with van der Waals surface area (Å²) in [5.74, 6) is -1.02. The van der Waals surface area contributed by atoms with E-state index in [-0.39, 0.29) is 34.9 Å². The van der Waals surface area contributed by atoms with Gasteiger partial charge in [0.15, 0.2) is 0 Å². The van der Waals surface area contributed by atoms with Crippen LogP contribution in [0.4, 0.5) is 4.79 Å². The number of thioether (sulfide) groups is 1. The van der Waals surface area contributed by atoms with Crippen molar-refractivity contribution in [3.63, 3.8) is 0 Å². The number of imide groups is 1. The lowest BCUT2D eigenvalue weighted by Gasteiger charge is -2.25. The van der Waals surface area contributed by atoms with Crippen LogP contribution in [-0.2, 0) is 14.3 Å². The van der Waals surface area contributed by atoms with Gasteiger partial charge in [0.1, 0.15) is 5.54 Å². The van der Waals surface area contributed by atoms with Crippen LogP contribution in [0.15, 0.2) is 35.2 Å². The third-order valence-electron chi connectivity index (χ3n) is 5.16. The normalized spacial score (nSPS) is 36.2. The molecule has 2 saturated carbocycles. The number of carbonyl (C=O) groups excluding carboxylic acids is 3. The van der Waals surface area contributed by atoms with Crippen molar-refractivity contribution in [2.45, 2.75) is 29.0 Å². The van der Waals surface area contributed by atoms with Crippen molar-refractivity contribution in [3.05, 3.63) is 30.3 Å². The molecular weight excluding hydrogens is 328 g/mol. The second kappa shape index (κ2) is 5.51. The number of carbonyl (C=O) groups is 3. The fraction of sp³-hybridized carbons (Fsp3) is 0.471. The molecule has 7 heteroatoms. The van der Waals surface area contributed by atoms with Crippen LogP contribution in [0, 0.1) is 17.8 Å². The number of hydrogen-bond acceptors (Lipinski definition) is 5. The molecule has 1 heterocycles. The number of ether oxygens (including phenoxy) is 1. The summed E-state index contributed by atoms with van der Waals surface area (Å²) >= 11 is 1.67. The van der Waals surface area contributed by atoms with Crippen molar-refractivity contribution in [3.8, 4) is 0 Å². The number of urea groups is 1. The smallest absolute Gasteiger partial charge is 0.322 e. The van der Waals surface area contributed by atoms with Crippen molar-refractivity contribution in [2.24, 2.45) is 17.8 Å². The number of amides is 3. The van der Waals surface area contributed by atoms with Crippen LogP contribution < -0.4 is 10.6 Å². The Kier molecular flexibility index (Phi) is 3.56. The molecule has 1 spiro atoms. The van der Waals surface area contributed by atoms with E-state index in [1.54, 1.807) is 18.7 Å². The lowest BCUT2D eigenvalue weighted by Crippen LogP contribution is -2.49. The zero-order chi connectivity index (χ0) is 16.9. The number of esters is 1. The first-order valence-electron chi connectivity index (χ1n) is 8.09. The van der Waals surface area contributed by atoms with Gasteiger partial charge >= 0.3 is 12.0 Å². The van der Waals surface area contributed by atoms with Crippen LogP contribution in [0.1, 0.15) is 13.3 Å². The topological polar surface area (TPSA) is 84.5 Å². The van der Waals surface area contributed by atoms with Gasteiger partial charge in [-0.25, -0.2) is 4.79 Å². The maximum absolute atomic E-state index is 12.4. The zero-order valence-corrected chi connectivity index (χ0v) is 14.0. The van der Waals surface area contributed by atoms with Crippen LogP contribution in [0.3, 0.4) is 0 Å². The average molecular weight is 346 g/mol. The molecule has 5 atom stereocenters. The molecule has 3 amide bonds. The van der Waals surface area contributed by atoms with Gasteiger partial charge < -0.3 is 10.1 Å². The van der Waals surface area contributed by atoms with Crippen LogP contribution in [-0.4, -0.2) is 35.3 Å². The lowest BCUT2D eigenvalue weighted by atomic mass is 9.90. The molecule has 1 aliphatic heterocycles. The summed E-state index contributed by atoms with van der Waals surface area (Å²) in [7, 11) is 0. The summed E-state index contributed by atoms with van der Waals surface area (Å²) in [5.41, 5.74) is -0.967. The quantitative estimate of drug-likeness (QED) is 0.638. The molecule has 2 aliphatic carbocycles. The molecule has 1 aromatic rings. The van der Waals surface area contributed by atoms with E-state index >= 15 is 0 Å². The van der Waals surface area contributed by atoms with Crippen molar-refractivity contribution < 1.29 is 19.1 Å². The minimum Gasteiger partial charge on any atom is -0.466 e. The van der Waals surface area contributed by atoms with Crippen molar-refractivity contribution in [2.75, 3.05) is 6.61 Å². The SMILES string of the molecule is CCOC(=O)[C@H]1[C@H]2[C@@H]1C1(C[C@H]2Sc2ccccc2)NC(=O)NC1=O. The number of rotatable bonds is 4. The minimum absolute atomic E-state index is 0.0541. The molecule has 4 rings (SSSR count).